The average Bonchev–Trinajstić information content (AvgIpc) is 3.25. The minimum absolute atomic E-state index is 0.00210. The number of hydrogen-bond donors (Lipinski definition) is 0. The molecule has 0 aliphatic rings. The Hall–Kier alpha value is -3.00. The van der Waals surface area contributed by atoms with Crippen LogP contribution in [0.1, 0.15) is 15.2 Å². The average molecular weight is 343 g/mol. The minimum Gasteiger partial charge on any atom is -0.462 e. The van der Waals surface area contributed by atoms with E-state index in [1.54, 1.807) is 43.6 Å². The number of carbonyl (C=O) groups is 1. The highest BCUT2D eigenvalue weighted by atomic mass is 32.1. The van der Waals surface area contributed by atoms with Crippen molar-refractivity contribution in [3.8, 4) is 10.8 Å². The first-order valence-corrected chi connectivity index (χ1v) is 7.85. The van der Waals surface area contributed by atoms with Crippen molar-refractivity contribution in [1.29, 1.82) is 0 Å². The fourth-order valence-corrected chi connectivity index (χ4v) is 3.10. The predicted molar refractivity (Wildman–Crippen MR) is 88.7 cm³/mol. The summed E-state index contributed by atoms with van der Waals surface area (Å²) in [5.41, 5.74) is 0.479. The molecule has 3 rings (SSSR count). The Kier molecular flexibility index (Phi) is 4.39. The molecule has 0 saturated heterocycles. The number of benzene rings is 1. The molecule has 2 aromatic heterocycles. The summed E-state index contributed by atoms with van der Waals surface area (Å²) < 4.78 is 5.26. The molecule has 0 radical (unpaired) electrons. The molecule has 2 heterocycles. The molecule has 0 fully saturated rings. The first-order valence-electron chi connectivity index (χ1n) is 7.03. The van der Waals surface area contributed by atoms with Crippen LogP contribution in [0.25, 0.3) is 10.8 Å². The zero-order valence-electron chi connectivity index (χ0n) is 12.7. The van der Waals surface area contributed by atoms with Gasteiger partial charge >= 0.3 is 0 Å². The molecule has 24 heavy (non-hydrogen) atoms. The van der Waals surface area contributed by atoms with Gasteiger partial charge in [0.15, 0.2) is 10.8 Å². The molecule has 0 aliphatic carbocycles. The fourth-order valence-electron chi connectivity index (χ4n) is 2.23. The Labute approximate surface area is 141 Å². The predicted octanol–water partition coefficient (Wildman–Crippen LogP) is 3.58. The Bertz CT molecular complexity index is 873. The van der Waals surface area contributed by atoms with Gasteiger partial charge in [-0.3, -0.25) is 14.9 Å². The SMILES string of the molecule is CN(Cc1ccccc1[N+](=O)[O-])C(=O)c1cnc(-c2ccco2)s1. The number of hydrogen-bond acceptors (Lipinski definition) is 6. The van der Waals surface area contributed by atoms with Crippen LogP contribution in [-0.2, 0) is 6.54 Å². The first kappa shape index (κ1) is 15.9. The van der Waals surface area contributed by atoms with Crippen molar-refractivity contribution < 1.29 is 14.1 Å². The normalized spacial score (nSPS) is 10.5. The van der Waals surface area contributed by atoms with Crippen molar-refractivity contribution >= 4 is 22.9 Å². The molecule has 1 aromatic carbocycles. The molecule has 0 spiro atoms. The topological polar surface area (TPSA) is 89.5 Å². The van der Waals surface area contributed by atoms with Gasteiger partial charge in [-0.25, -0.2) is 4.98 Å². The van der Waals surface area contributed by atoms with E-state index in [-0.39, 0.29) is 18.1 Å². The summed E-state index contributed by atoms with van der Waals surface area (Å²) in [5.74, 6) is 0.351. The highest BCUT2D eigenvalue weighted by Crippen LogP contribution is 2.27. The van der Waals surface area contributed by atoms with Crippen LogP contribution >= 0.6 is 11.3 Å². The molecule has 0 N–H and O–H groups in total. The number of nitrogens with zero attached hydrogens (tertiary/aromatic N) is 3. The molecule has 3 aromatic rings. The van der Waals surface area contributed by atoms with E-state index in [9.17, 15) is 14.9 Å². The van der Waals surface area contributed by atoms with Crippen molar-refractivity contribution in [2.24, 2.45) is 0 Å². The van der Waals surface area contributed by atoms with Crippen LogP contribution in [0.2, 0.25) is 0 Å². The third-order valence-electron chi connectivity index (χ3n) is 3.39. The van der Waals surface area contributed by atoms with E-state index in [1.807, 2.05) is 0 Å². The number of amides is 1. The molecule has 0 atom stereocenters. The van der Waals surface area contributed by atoms with Gasteiger partial charge in [0.2, 0.25) is 0 Å². The zero-order valence-corrected chi connectivity index (χ0v) is 13.5. The van der Waals surface area contributed by atoms with Crippen LogP contribution in [0.3, 0.4) is 0 Å². The summed E-state index contributed by atoms with van der Waals surface area (Å²) in [4.78, 5) is 29.2. The minimum atomic E-state index is -0.449. The lowest BCUT2D eigenvalue weighted by Crippen LogP contribution is -2.25. The number of furan rings is 1. The lowest BCUT2D eigenvalue weighted by molar-refractivity contribution is -0.385. The van der Waals surface area contributed by atoms with E-state index in [4.69, 9.17) is 4.42 Å². The van der Waals surface area contributed by atoms with Crippen molar-refractivity contribution in [3.63, 3.8) is 0 Å². The molecule has 7 nitrogen and oxygen atoms in total. The van der Waals surface area contributed by atoms with E-state index in [1.165, 1.54) is 28.5 Å². The summed E-state index contributed by atoms with van der Waals surface area (Å²) in [6.07, 6.45) is 3.03. The second kappa shape index (κ2) is 6.63. The van der Waals surface area contributed by atoms with Gasteiger partial charge in [-0.2, -0.15) is 0 Å². The number of nitro groups is 1. The lowest BCUT2D eigenvalue weighted by Gasteiger charge is -2.16. The van der Waals surface area contributed by atoms with E-state index < -0.39 is 4.92 Å². The van der Waals surface area contributed by atoms with Gasteiger partial charge in [0, 0.05) is 18.7 Å². The van der Waals surface area contributed by atoms with Crippen LogP contribution in [0.4, 0.5) is 5.69 Å². The fraction of sp³-hybridized carbons (Fsp3) is 0.125. The summed E-state index contributed by atoms with van der Waals surface area (Å²) in [6.45, 7) is 0.143. The van der Waals surface area contributed by atoms with Crippen molar-refractivity contribution in [2.45, 2.75) is 6.54 Å². The molecular formula is C16H13N3O4S. The smallest absolute Gasteiger partial charge is 0.274 e. The third-order valence-corrected chi connectivity index (χ3v) is 4.39. The molecule has 122 valence electrons. The van der Waals surface area contributed by atoms with Crippen molar-refractivity contribution in [3.05, 3.63) is 69.4 Å². The molecule has 0 aliphatic heterocycles. The number of para-hydroxylation sites is 1. The van der Waals surface area contributed by atoms with Crippen LogP contribution in [0, 0.1) is 10.1 Å². The highest BCUT2D eigenvalue weighted by molar-refractivity contribution is 7.16. The second-order valence-electron chi connectivity index (χ2n) is 5.05. The lowest BCUT2D eigenvalue weighted by atomic mass is 10.1. The van der Waals surface area contributed by atoms with Crippen molar-refractivity contribution in [1.82, 2.24) is 9.88 Å². The quantitative estimate of drug-likeness (QED) is 0.522. The maximum atomic E-state index is 12.5. The zero-order chi connectivity index (χ0) is 17.1. The molecule has 0 saturated carbocycles. The second-order valence-corrected chi connectivity index (χ2v) is 6.08. The Morgan fingerprint density at radius 1 is 1.33 bits per heavy atom. The maximum Gasteiger partial charge on any atom is 0.274 e. The number of rotatable bonds is 5. The summed E-state index contributed by atoms with van der Waals surface area (Å²) in [7, 11) is 1.60. The van der Waals surface area contributed by atoms with E-state index >= 15 is 0 Å². The number of aromatic nitrogens is 1. The summed E-state index contributed by atoms with van der Waals surface area (Å²) in [6, 6.07) is 9.89. The van der Waals surface area contributed by atoms with Crippen molar-refractivity contribution in [2.75, 3.05) is 7.05 Å². The van der Waals surface area contributed by atoms with Gasteiger partial charge < -0.3 is 9.32 Å². The third kappa shape index (κ3) is 3.18. The molecular weight excluding hydrogens is 330 g/mol. The Morgan fingerprint density at radius 2 is 2.12 bits per heavy atom. The number of thiazole rings is 1. The standard InChI is InChI=1S/C16H13N3O4S/c1-18(10-11-5-2-3-6-12(11)19(21)22)16(20)14-9-17-15(24-14)13-7-4-8-23-13/h2-9H,10H2,1H3. The van der Waals surface area contributed by atoms with Gasteiger partial charge in [0.05, 0.1) is 23.9 Å². The van der Waals surface area contributed by atoms with Gasteiger partial charge in [0.25, 0.3) is 11.6 Å². The highest BCUT2D eigenvalue weighted by Gasteiger charge is 2.20. The summed E-state index contributed by atoms with van der Waals surface area (Å²) >= 11 is 1.22. The Balaban J connectivity index is 1.77. The van der Waals surface area contributed by atoms with E-state index in [0.29, 0.717) is 21.2 Å². The molecule has 8 heteroatoms. The molecule has 1 amide bonds. The first-order chi connectivity index (χ1) is 11.6. The number of carbonyl (C=O) groups excluding carboxylic acids is 1. The Morgan fingerprint density at radius 3 is 2.83 bits per heavy atom. The summed E-state index contributed by atoms with van der Waals surface area (Å²) in [5, 5.41) is 11.7. The van der Waals surface area contributed by atoms with Crippen LogP contribution in [0.5, 0.6) is 0 Å². The molecule has 0 bridgehead atoms. The number of nitro benzene ring substituents is 1. The van der Waals surface area contributed by atoms with Crippen LogP contribution < -0.4 is 0 Å². The van der Waals surface area contributed by atoms with Gasteiger partial charge in [-0.05, 0) is 12.1 Å². The largest absolute Gasteiger partial charge is 0.462 e. The van der Waals surface area contributed by atoms with E-state index in [0.717, 1.165) is 0 Å². The van der Waals surface area contributed by atoms with Gasteiger partial charge in [-0.1, -0.05) is 18.2 Å². The molecule has 0 unspecified atom stereocenters. The van der Waals surface area contributed by atoms with E-state index in [2.05, 4.69) is 4.98 Å². The monoisotopic (exact) mass is 343 g/mol. The maximum absolute atomic E-state index is 12.5. The van der Waals surface area contributed by atoms with Crippen LogP contribution in [0.15, 0.2) is 53.3 Å². The van der Waals surface area contributed by atoms with Gasteiger partial charge in [-0.15, -0.1) is 11.3 Å². The van der Waals surface area contributed by atoms with Crippen LogP contribution in [-0.4, -0.2) is 27.8 Å². The van der Waals surface area contributed by atoms with Gasteiger partial charge in [0.1, 0.15) is 4.88 Å².